The molecule has 0 aromatic carbocycles. The molecule has 0 spiro atoms. The molecule has 4 nitrogen and oxygen atoms in total. The molecule has 0 aliphatic carbocycles. The highest BCUT2D eigenvalue weighted by Gasteiger charge is 2.12. The number of amides is 1. The Morgan fingerprint density at radius 2 is 2.37 bits per heavy atom. The molecule has 0 unspecified atom stereocenters. The lowest BCUT2D eigenvalue weighted by molar-refractivity contribution is 0.0925. The lowest BCUT2D eigenvalue weighted by Gasteiger charge is -2.00. The van der Waals surface area contributed by atoms with Crippen LogP contribution in [0.2, 0.25) is 0 Å². The number of thiazole rings is 1. The number of hydrogen-bond donors (Lipinski definition) is 1. The monoisotopic (exact) mass is 342 g/mol. The summed E-state index contributed by atoms with van der Waals surface area (Å²) in [6, 6.07) is 1.72. The number of furan rings is 1. The fraction of sp³-hybridized carbons (Fsp3) is 0.385. The molecule has 1 N–H and O–H groups in total. The third-order valence-electron chi connectivity index (χ3n) is 2.66. The summed E-state index contributed by atoms with van der Waals surface area (Å²) < 4.78 is 5.89. The van der Waals surface area contributed by atoms with E-state index in [1.807, 2.05) is 13.1 Å². The molecule has 2 aromatic rings. The van der Waals surface area contributed by atoms with Crippen LogP contribution in [-0.4, -0.2) is 17.4 Å². The van der Waals surface area contributed by atoms with Crippen molar-refractivity contribution >= 4 is 33.2 Å². The van der Waals surface area contributed by atoms with E-state index in [0.717, 1.165) is 23.4 Å². The minimum Gasteiger partial charge on any atom is -0.444 e. The summed E-state index contributed by atoms with van der Waals surface area (Å²) in [4.78, 5) is 17.4. The number of carbonyl (C=O) groups is 1. The molecule has 2 heterocycles. The van der Waals surface area contributed by atoms with Gasteiger partial charge in [-0.1, -0.05) is 6.92 Å². The molecule has 6 heteroatoms. The smallest absolute Gasteiger partial charge is 0.287 e. The minimum atomic E-state index is -0.193. The van der Waals surface area contributed by atoms with Crippen molar-refractivity contribution in [3.8, 4) is 0 Å². The zero-order valence-corrected chi connectivity index (χ0v) is 13.2. The van der Waals surface area contributed by atoms with E-state index in [-0.39, 0.29) is 5.91 Å². The highest BCUT2D eigenvalue weighted by atomic mass is 79.9. The number of rotatable bonds is 5. The summed E-state index contributed by atoms with van der Waals surface area (Å²) in [6.45, 7) is 4.55. The maximum Gasteiger partial charge on any atom is 0.287 e. The van der Waals surface area contributed by atoms with Gasteiger partial charge in [0.05, 0.1) is 5.01 Å². The topological polar surface area (TPSA) is 55.1 Å². The summed E-state index contributed by atoms with van der Waals surface area (Å²) in [5, 5.41) is 3.88. The average molecular weight is 343 g/mol. The van der Waals surface area contributed by atoms with Crippen LogP contribution in [0.15, 0.2) is 21.3 Å². The van der Waals surface area contributed by atoms with Crippen LogP contribution >= 0.6 is 27.3 Å². The Morgan fingerprint density at radius 3 is 2.95 bits per heavy atom. The quantitative estimate of drug-likeness (QED) is 0.906. The maximum atomic E-state index is 11.8. The molecule has 102 valence electrons. The first kappa shape index (κ1) is 14.3. The van der Waals surface area contributed by atoms with Gasteiger partial charge in [0.15, 0.2) is 10.4 Å². The second kappa shape index (κ2) is 6.34. The molecule has 2 aromatic heterocycles. The van der Waals surface area contributed by atoms with Crippen LogP contribution in [0.5, 0.6) is 0 Å². The minimum absolute atomic E-state index is 0.193. The lowest BCUT2D eigenvalue weighted by Crippen LogP contribution is -2.25. The predicted molar refractivity (Wildman–Crippen MR) is 78.7 cm³/mol. The van der Waals surface area contributed by atoms with Crippen LogP contribution in [0.4, 0.5) is 0 Å². The van der Waals surface area contributed by atoms with Gasteiger partial charge in [-0.05, 0) is 35.3 Å². The van der Waals surface area contributed by atoms with E-state index in [4.69, 9.17) is 4.42 Å². The fourth-order valence-corrected chi connectivity index (χ4v) is 2.72. The van der Waals surface area contributed by atoms with Crippen LogP contribution < -0.4 is 5.32 Å². The Hall–Kier alpha value is -1.14. The summed E-state index contributed by atoms with van der Waals surface area (Å²) >= 11 is 4.94. The van der Waals surface area contributed by atoms with Crippen LogP contribution in [0, 0.1) is 6.92 Å². The average Bonchev–Trinajstić information content (AvgIpc) is 2.97. The van der Waals surface area contributed by atoms with Gasteiger partial charge >= 0.3 is 0 Å². The molecule has 0 aliphatic heterocycles. The Morgan fingerprint density at radius 1 is 1.58 bits per heavy atom. The van der Waals surface area contributed by atoms with E-state index < -0.39 is 0 Å². The third kappa shape index (κ3) is 3.67. The van der Waals surface area contributed by atoms with Crippen molar-refractivity contribution in [2.75, 3.05) is 6.54 Å². The standard InChI is InChI=1S/C13H15BrN2O2S/c1-3-9-7-16-11(19-9)4-5-15-13(17)10-6-8(2)12(14)18-10/h6-7H,3-5H2,1-2H3,(H,15,17). The normalized spacial score (nSPS) is 10.7. The van der Waals surface area contributed by atoms with Gasteiger partial charge in [0.25, 0.3) is 5.91 Å². The number of carbonyl (C=O) groups excluding carboxylic acids is 1. The van der Waals surface area contributed by atoms with Crippen molar-refractivity contribution < 1.29 is 9.21 Å². The molecule has 0 fully saturated rings. The summed E-state index contributed by atoms with van der Waals surface area (Å²) in [7, 11) is 0. The Bertz CT molecular complexity index is 557. The van der Waals surface area contributed by atoms with Crippen molar-refractivity contribution in [2.45, 2.75) is 26.7 Å². The number of halogens is 1. The Balaban J connectivity index is 1.83. The van der Waals surface area contributed by atoms with Crippen molar-refractivity contribution in [3.05, 3.63) is 38.1 Å². The van der Waals surface area contributed by atoms with E-state index in [2.05, 4.69) is 33.2 Å². The van der Waals surface area contributed by atoms with Gasteiger partial charge in [0.2, 0.25) is 0 Å². The molecule has 0 atom stereocenters. The second-order valence-corrected chi connectivity index (χ2v) is 6.07. The second-order valence-electron chi connectivity index (χ2n) is 4.15. The van der Waals surface area contributed by atoms with Crippen LogP contribution in [0.1, 0.15) is 32.9 Å². The van der Waals surface area contributed by atoms with Crippen molar-refractivity contribution in [1.29, 1.82) is 0 Å². The molecule has 0 saturated heterocycles. The van der Waals surface area contributed by atoms with Crippen molar-refractivity contribution in [3.63, 3.8) is 0 Å². The number of hydrogen-bond acceptors (Lipinski definition) is 4. The molecule has 0 bridgehead atoms. The van der Waals surface area contributed by atoms with Crippen molar-refractivity contribution in [2.24, 2.45) is 0 Å². The molecular formula is C13H15BrN2O2S. The van der Waals surface area contributed by atoms with Gasteiger partial charge in [-0.2, -0.15) is 0 Å². The van der Waals surface area contributed by atoms with Crippen LogP contribution in [0.25, 0.3) is 0 Å². The highest BCUT2D eigenvalue weighted by molar-refractivity contribution is 9.10. The summed E-state index contributed by atoms with van der Waals surface area (Å²) in [5.41, 5.74) is 0.915. The lowest BCUT2D eigenvalue weighted by atomic mass is 10.3. The van der Waals surface area contributed by atoms with Gasteiger partial charge in [-0.15, -0.1) is 11.3 Å². The number of nitrogens with one attached hydrogen (secondary N) is 1. The van der Waals surface area contributed by atoms with Gasteiger partial charge in [0, 0.05) is 29.6 Å². The van der Waals surface area contributed by atoms with Gasteiger partial charge in [0.1, 0.15) is 0 Å². The van der Waals surface area contributed by atoms with E-state index in [0.29, 0.717) is 17.0 Å². The highest BCUT2D eigenvalue weighted by Crippen LogP contribution is 2.20. The van der Waals surface area contributed by atoms with Crippen LogP contribution in [-0.2, 0) is 12.8 Å². The Kier molecular flexibility index (Phi) is 4.76. The molecule has 19 heavy (non-hydrogen) atoms. The molecule has 0 saturated carbocycles. The zero-order valence-electron chi connectivity index (χ0n) is 10.8. The van der Waals surface area contributed by atoms with Gasteiger partial charge in [-0.3, -0.25) is 4.79 Å². The van der Waals surface area contributed by atoms with E-state index in [1.165, 1.54) is 4.88 Å². The predicted octanol–water partition coefficient (Wildman–Crippen LogP) is 3.34. The van der Waals surface area contributed by atoms with Gasteiger partial charge < -0.3 is 9.73 Å². The first-order valence-electron chi connectivity index (χ1n) is 6.08. The fourth-order valence-electron chi connectivity index (χ4n) is 1.57. The van der Waals surface area contributed by atoms with Gasteiger partial charge in [-0.25, -0.2) is 4.98 Å². The van der Waals surface area contributed by atoms with E-state index in [9.17, 15) is 4.79 Å². The summed E-state index contributed by atoms with van der Waals surface area (Å²) in [6.07, 6.45) is 3.65. The van der Waals surface area contributed by atoms with Crippen LogP contribution in [0.3, 0.4) is 0 Å². The molecular weight excluding hydrogens is 328 g/mol. The molecule has 1 amide bonds. The van der Waals surface area contributed by atoms with E-state index in [1.54, 1.807) is 17.4 Å². The number of aromatic nitrogens is 1. The Labute approximate surface area is 124 Å². The molecule has 0 radical (unpaired) electrons. The molecule has 0 aliphatic rings. The number of nitrogens with zero attached hydrogens (tertiary/aromatic N) is 1. The third-order valence-corrected chi connectivity index (χ3v) is 4.64. The zero-order chi connectivity index (χ0) is 13.8. The van der Waals surface area contributed by atoms with E-state index >= 15 is 0 Å². The maximum absolute atomic E-state index is 11.8. The first-order valence-corrected chi connectivity index (χ1v) is 7.68. The largest absolute Gasteiger partial charge is 0.444 e. The summed E-state index contributed by atoms with van der Waals surface area (Å²) in [5.74, 6) is 0.138. The number of aryl methyl sites for hydroxylation is 2. The SMILES string of the molecule is CCc1cnc(CCNC(=O)c2cc(C)c(Br)o2)s1. The van der Waals surface area contributed by atoms with Crippen molar-refractivity contribution in [1.82, 2.24) is 10.3 Å². The molecule has 2 rings (SSSR count). The first-order chi connectivity index (χ1) is 9.10.